The van der Waals surface area contributed by atoms with Crippen LogP contribution in [-0.2, 0) is 11.2 Å². The van der Waals surface area contributed by atoms with Crippen molar-refractivity contribution >= 4 is 5.91 Å². The number of rotatable bonds is 5. The Balaban J connectivity index is 1.79. The molecule has 100 valence electrons. The third-order valence-electron chi connectivity index (χ3n) is 3.50. The van der Waals surface area contributed by atoms with Crippen molar-refractivity contribution in [1.29, 1.82) is 0 Å². The van der Waals surface area contributed by atoms with Crippen LogP contribution in [0.15, 0.2) is 22.8 Å². The van der Waals surface area contributed by atoms with Crippen LogP contribution in [0.5, 0.6) is 0 Å². The average molecular weight is 251 g/mol. The van der Waals surface area contributed by atoms with E-state index in [4.69, 9.17) is 4.42 Å². The van der Waals surface area contributed by atoms with Gasteiger partial charge in [-0.3, -0.25) is 4.79 Å². The minimum Gasteiger partial charge on any atom is -0.469 e. The molecule has 0 saturated heterocycles. The van der Waals surface area contributed by atoms with Crippen molar-refractivity contribution in [3.05, 3.63) is 24.2 Å². The lowest BCUT2D eigenvalue weighted by molar-refractivity contribution is -0.126. The van der Waals surface area contributed by atoms with E-state index in [1.807, 2.05) is 6.07 Å². The molecule has 18 heavy (non-hydrogen) atoms. The molecule has 4 nitrogen and oxygen atoms in total. The standard InChI is InChI=1S/C14H21NO3/c1-14(17,9-12-7-4-8-18-12)10-15-13(16)11-5-2-3-6-11/h4,7-8,11,17H,2-3,5-6,9-10H2,1H3,(H,15,16). The predicted octanol–water partition coefficient (Wildman–Crippen LogP) is 1.88. The maximum absolute atomic E-state index is 11.8. The van der Waals surface area contributed by atoms with E-state index in [1.165, 1.54) is 0 Å². The van der Waals surface area contributed by atoms with E-state index in [0.717, 1.165) is 31.4 Å². The number of carbonyl (C=O) groups excluding carboxylic acids is 1. The van der Waals surface area contributed by atoms with Gasteiger partial charge in [-0.15, -0.1) is 0 Å². The third-order valence-corrected chi connectivity index (χ3v) is 3.50. The Morgan fingerprint density at radius 3 is 2.89 bits per heavy atom. The SMILES string of the molecule is CC(O)(CNC(=O)C1CCCC1)Cc1ccco1. The monoisotopic (exact) mass is 251 g/mol. The van der Waals surface area contributed by atoms with Gasteiger partial charge in [0.2, 0.25) is 5.91 Å². The Labute approximate surface area is 107 Å². The molecule has 1 aliphatic rings. The van der Waals surface area contributed by atoms with Gasteiger partial charge in [0.05, 0.1) is 11.9 Å². The van der Waals surface area contributed by atoms with Crippen molar-refractivity contribution in [1.82, 2.24) is 5.32 Å². The first-order valence-corrected chi connectivity index (χ1v) is 6.59. The van der Waals surface area contributed by atoms with Gasteiger partial charge in [0.25, 0.3) is 0 Å². The molecule has 0 aliphatic heterocycles. The highest BCUT2D eigenvalue weighted by atomic mass is 16.3. The molecule has 1 aromatic rings. The van der Waals surface area contributed by atoms with Crippen molar-refractivity contribution in [2.45, 2.75) is 44.6 Å². The van der Waals surface area contributed by atoms with Crippen molar-refractivity contribution in [2.24, 2.45) is 5.92 Å². The van der Waals surface area contributed by atoms with Crippen LogP contribution < -0.4 is 5.32 Å². The molecule has 0 spiro atoms. The van der Waals surface area contributed by atoms with Crippen molar-refractivity contribution in [3.63, 3.8) is 0 Å². The topological polar surface area (TPSA) is 62.5 Å². The minimum absolute atomic E-state index is 0.0761. The van der Waals surface area contributed by atoms with Crippen LogP contribution in [0, 0.1) is 5.92 Å². The largest absolute Gasteiger partial charge is 0.469 e. The molecule has 0 bridgehead atoms. The zero-order valence-corrected chi connectivity index (χ0v) is 10.8. The number of hydrogen-bond acceptors (Lipinski definition) is 3. The minimum atomic E-state index is -0.966. The Kier molecular flexibility index (Phi) is 4.07. The Morgan fingerprint density at radius 2 is 2.28 bits per heavy atom. The van der Waals surface area contributed by atoms with E-state index in [1.54, 1.807) is 19.3 Å². The molecular formula is C14H21NO3. The molecule has 1 heterocycles. The predicted molar refractivity (Wildman–Crippen MR) is 68.0 cm³/mol. The van der Waals surface area contributed by atoms with Gasteiger partial charge < -0.3 is 14.8 Å². The van der Waals surface area contributed by atoms with Crippen molar-refractivity contribution < 1.29 is 14.3 Å². The number of furan rings is 1. The number of aliphatic hydroxyl groups is 1. The van der Waals surface area contributed by atoms with E-state index in [2.05, 4.69) is 5.32 Å². The molecular weight excluding hydrogens is 230 g/mol. The summed E-state index contributed by atoms with van der Waals surface area (Å²) in [5.74, 6) is 0.951. The lowest BCUT2D eigenvalue weighted by Gasteiger charge is -2.23. The fourth-order valence-corrected chi connectivity index (χ4v) is 2.46. The quantitative estimate of drug-likeness (QED) is 0.840. The smallest absolute Gasteiger partial charge is 0.223 e. The normalized spacial score (nSPS) is 19.7. The summed E-state index contributed by atoms with van der Waals surface area (Å²) in [4.78, 5) is 11.8. The number of hydrogen-bond donors (Lipinski definition) is 2. The first kappa shape index (κ1) is 13.1. The molecule has 1 unspecified atom stereocenters. The number of carbonyl (C=O) groups is 1. The lowest BCUT2D eigenvalue weighted by Crippen LogP contribution is -2.43. The summed E-state index contributed by atoms with van der Waals surface area (Å²) in [7, 11) is 0. The van der Waals surface area contributed by atoms with Gasteiger partial charge in [0, 0.05) is 18.9 Å². The zero-order valence-electron chi connectivity index (χ0n) is 10.8. The molecule has 0 radical (unpaired) electrons. The molecule has 1 fully saturated rings. The van der Waals surface area contributed by atoms with Crippen LogP contribution in [0.2, 0.25) is 0 Å². The van der Waals surface area contributed by atoms with Crippen LogP contribution in [0.25, 0.3) is 0 Å². The fraction of sp³-hybridized carbons (Fsp3) is 0.643. The number of nitrogens with one attached hydrogen (secondary N) is 1. The molecule has 1 aliphatic carbocycles. The highest BCUT2D eigenvalue weighted by Gasteiger charge is 2.27. The van der Waals surface area contributed by atoms with Gasteiger partial charge in [-0.25, -0.2) is 0 Å². The molecule has 0 aromatic carbocycles. The Morgan fingerprint density at radius 1 is 1.56 bits per heavy atom. The second-order valence-electron chi connectivity index (χ2n) is 5.45. The average Bonchev–Trinajstić information content (AvgIpc) is 2.97. The first-order chi connectivity index (χ1) is 8.57. The summed E-state index contributed by atoms with van der Waals surface area (Å²) >= 11 is 0. The molecule has 4 heteroatoms. The van der Waals surface area contributed by atoms with Gasteiger partial charge in [-0.05, 0) is 31.9 Å². The molecule has 1 amide bonds. The van der Waals surface area contributed by atoms with E-state index in [9.17, 15) is 9.90 Å². The van der Waals surface area contributed by atoms with Crippen LogP contribution in [0.1, 0.15) is 38.4 Å². The first-order valence-electron chi connectivity index (χ1n) is 6.59. The Bertz CT molecular complexity index is 378. The highest BCUT2D eigenvalue weighted by molar-refractivity contribution is 5.78. The summed E-state index contributed by atoms with van der Waals surface area (Å²) in [6.07, 6.45) is 6.23. The van der Waals surface area contributed by atoms with Crippen LogP contribution in [0.4, 0.5) is 0 Å². The second kappa shape index (κ2) is 5.57. The summed E-state index contributed by atoms with van der Waals surface area (Å²) in [6, 6.07) is 3.62. The maximum Gasteiger partial charge on any atom is 0.223 e. The van der Waals surface area contributed by atoms with Gasteiger partial charge >= 0.3 is 0 Å². The maximum atomic E-state index is 11.8. The molecule has 1 atom stereocenters. The van der Waals surface area contributed by atoms with Gasteiger partial charge in [-0.1, -0.05) is 12.8 Å². The van der Waals surface area contributed by atoms with E-state index < -0.39 is 5.60 Å². The highest BCUT2D eigenvalue weighted by Crippen LogP contribution is 2.24. The van der Waals surface area contributed by atoms with E-state index in [0.29, 0.717) is 6.42 Å². The van der Waals surface area contributed by atoms with Gasteiger partial charge in [0.1, 0.15) is 5.76 Å². The number of amides is 1. The summed E-state index contributed by atoms with van der Waals surface area (Å²) < 4.78 is 5.20. The summed E-state index contributed by atoms with van der Waals surface area (Å²) in [5, 5.41) is 13.0. The molecule has 1 saturated carbocycles. The van der Waals surface area contributed by atoms with E-state index in [-0.39, 0.29) is 18.4 Å². The lowest BCUT2D eigenvalue weighted by atomic mass is 10.00. The molecule has 2 rings (SSSR count). The van der Waals surface area contributed by atoms with Gasteiger partial charge in [0.15, 0.2) is 0 Å². The van der Waals surface area contributed by atoms with Crippen molar-refractivity contribution in [2.75, 3.05) is 6.54 Å². The second-order valence-corrected chi connectivity index (χ2v) is 5.45. The Hall–Kier alpha value is -1.29. The van der Waals surface area contributed by atoms with Crippen LogP contribution in [-0.4, -0.2) is 23.2 Å². The molecule has 1 aromatic heterocycles. The van der Waals surface area contributed by atoms with Crippen molar-refractivity contribution in [3.8, 4) is 0 Å². The van der Waals surface area contributed by atoms with Gasteiger partial charge in [-0.2, -0.15) is 0 Å². The fourth-order valence-electron chi connectivity index (χ4n) is 2.46. The summed E-state index contributed by atoms with van der Waals surface area (Å²) in [6.45, 7) is 1.98. The zero-order chi connectivity index (χ0) is 13.0. The van der Waals surface area contributed by atoms with Crippen LogP contribution in [0.3, 0.4) is 0 Å². The van der Waals surface area contributed by atoms with E-state index >= 15 is 0 Å². The third kappa shape index (κ3) is 3.60. The molecule has 2 N–H and O–H groups in total. The van der Waals surface area contributed by atoms with Crippen LogP contribution >= 0.6 is 0 Å². The summed E-state index contributed by atoms with van der Waals surface area (Å²) in [5.41, 5.74) is -0.966.